The van der Waals surface area contributed by atoms with E-state index in [0.29, 0.717) is 5.56 Å². The molecule has 0 unspecified atom stereocenters. The van der Waals surface area contributed by atoms with E-state index in [1.807, 2.05) is 24.3 Å². The van der Waals surface area contributed by atoms with Gasteiger partial charge in [-0.15, -0.1) is 0 Å². The predicted molar refractivity (Wildman–Crippen MR) is 100 cm³/mol. The number of nitrogens with zero attached hydrogens (tertiary/aromatic N) is 2. The Morgan fingerprint density at radius 2 is 1.93 bits per heavy atom. The fraction of sp³-hybridized carbons (Fsp3) is 0.400. The van der Waals surface area contributed by atoms with Crippen molar-refractivity contribution in [2.45, 2.75) is 25.7 Å². The Morgan fingerprint density at radius 3 is 2.70 bits per heavy atom. The van der Waals surface area contributed by atoms with Gasteiger partial charge >= 0.3 is 5.97 Å². The molecule has 1 aliphatic rings. The van der Waals surface area contributed by atoms with Crippen molar-refractivity contribution in [1.29, 1.82) is 0 Å². The van der Waals surface area contributed by atoms with Gasteiger partial charge in [-0.25, -0.2) is 4.79 Å². The van der Waals surface area contributed by atoms with E-state index < -0.39 is 18.5 Å². The molecule has 0 radical (unpaired) electrons. The standard InChI is InChI=1S/C20H23N3O4/c1-21-17(24)11-23(2)18(25)12-27-20(26)19-13-7-3-5-9-15(13)22-16-10-6-4-8-14(16)19/h3,5,7,9H,4,6,8,10-12H2,1-2H3,(H,21,24). The topological polar surface area (TPSA) is 88.6 Å². The normalized spacial score (nSPS) is 13.0. The van der Waals surface area contributed by atoms with E-state index in [0.717, 1.165) is 47.8 Å². The minimum Gasteiger partial charge on any atom is -0.452 e. The Bertz CT molecular complexity index is 894. The number of aryl methyl sites for hydroxylation is 1. The van der Waals surface area contributed by atoms with Gasteiger partial charge in [-0.05, 0) is 37.3 Å². The summed E-state index contributed by atoms with van der Waals surface area (Å²) in [6, 6.07) is 7.48. The number of carbonyl (C=O) groups is 3. The average Bonchev–Trinajstić information content (AvgIpc) is 2.69. The molecule has 1 heterocycles. The minimum absolute atomic E-state index is 0.0829. The Labute approximate surface area is 157 Å². The molecule has 7 heteroatoms. The molecule has 0 saturated carbocycles. The minimum atomic E-state index is -0.520. The van der Waals surface area contributed by atoms with E-state index in [4.69, 9.17) is 9.72 Å². The molecule has 0 aliphatic heterocycles. The van der Waals surface area contributed by atoms with Gasteiger partial charge in [0.25, 0.3) is 5.91 Å². The lowest BCUT2D eigenvalue weighted by molar-refractivity contribution is -0.137. The van der Waals surface area contributed by atoms with Crippen LogP contribution in [0.1, 0.15) is 34.5 Å². The van der Waals surface area contributed by atoms with Crippen LogP contribution in [0.4, 0.5) is 0 Å². The molecule has 0 bridgehead atoms. The summed E-state index contributed by atoms with van der Waals surface area (Å²) in [5, 5.41) is 3.19. The molecule has 142 valence electrons. The highest BCUT2D eigenvalue weighted by atomic mass is 16.5. The number of fused-ring (bicyclic) bond motifs is 2. The number of likely N-dealkylation sites (N-methyl/N-ethyl adjacent to an activating group) is 2. The van der Waals surface area contributed by atoms with Crippen molar-refractivity contribution in [3.05, 3.63) is 41.1 Å². The van der Waals surface area contributed by atoms with Crippen molar-refractivity contribution in [3.8, 4) is 0 Å². The smallest absolute Gasteiger partial charge is 0.339 e. The zero-order valence-electron chi connectivity index (χ0n) is 15.6. The van der Waals surface area contributed by atoms with Crippen molar-refractivity contribution in [3.63, 3.8) is 0 Å². The predicted octanol–water partition coefficient (Wildman–Crippen LogP) is 1.47. The lowest BCUT2D eigenvalue weighted by Crippen LogP contribution is -2.39. The lowest BCUT2D eigenvalue weighted by Gasteiger charge is -2.20. The van der Waals surface area contributed by atoms with Gasteiger partial charge in [0.15, 0.2) is 6.61 Å². The molecule has 0 saturated heterocycles. The van der Waals surface area contributed by atoms with Gasteiger partial charge < -0.3 is 15.0 Å². The Balaban J connectivity index is 1.81. The van der Waals surface area contributed by atoms with E-state index in [-0.39, 0.29) is 12.5 Å². The van der Waals surface area contributed by atoms with Crippen LogP contribution in [0, 0.1) is 0 Å². The molecule has 0 fully saturated rings. The number of rotatable bonds is 5. The van der Waals surface area contributed by atoms with Crippen LogP contribution in [-0.2, 0) is 27.2 Å². The van der Waals surface area contributed by atoms with Gasteiger partial charge in [0.2, 0.25) is 5.91 Å². The van der Waals surface area contributed by atoms with Crippen LogP contribution in [0.3, 0.4) is 0 Å². The number of nitrogens with one attached hydrogen (secondary N) is 1. The molecule has 2 amide bonds. The van der Waals surface area contributed by atoms with Gasteiger partial charge in [-0.1, -0.05) is 18.2 Å². The van der Waals surface area contributed by atoms with Crippen LogP contribution >= 0.6 is 0 Å². The van der Waals surface area contributed by atoms with Crippen LogP contribution in [0.25, 0.3) is 10.9 Å². The number of aromatic nitrogens is 1. The molecule has 7 nitrogen and oxygen atoms in total. The first kappa shape index (κ1) is 18.8. The number of hydrogen-bond acceptors (Lipinski definition) is 5. The number of esters is 1. The quantitative estimate of drug-likeness (QED) is 0.807. The Kier molecular flexibility index (Phi) is 5.69. The molecule has 1 N–H and O–H groups in total. The van der Waals surface area contributed by atoms with Crippen LogP contribution in [0.5, 0.6) is 0 Å². The van der Waals surface area contributed by atoms with E-state index in [2.05, 4.69) is 5.32 Å². The first-order chi connectivity index (χ1) is 13.0. The molecule has 1 aromatic heterocycles. The number of hydrogen-bond donors (Lipinski definition) is 1. The molecule has 27 heavy (non-hydrogen) atoms. The summed E-state index contributed by atoms with van der Waals surface area (Å²) in [5.41, 5.74) is 3.14. The highest BCUT2D eigenvalue weighted by Crippen LogP contribution is 2.29. The summed E-state index contributed by atoms with van der Waals surface area (Å²) in [4.78, 5) is 42.3. The van der Waals surface area contributed by atoms with Crippen molar-refractivity contribution >= 4 is 28.7 Å². The van der Waals surface area contributed by atoms with Crippen LogP contribution in [-0.4, -0.2) is 54.9 Å². The number of ether oxygens (including phenoxy) is 1. The number of carbonyl (C=O) groups excluding carboxylic acids is 3. The van der Waals surface area contributed by atoms with Crippen molar-refractivity contribution in [1.82, 2.24) is 15.2 Å². The molecular weight excluding hydrogens is 346 g/mol. The zero-order valence-corrected chi connectivity index (χ0v) is 15.6. The number of para-hydroxylation sites is 1. The first-order valence-electron chi connectivity index (χ1n) is 9.03. The van der Waals surface area contributed by atoms with E-state index in [1.165, 1.54) is 19.0 Å². The third kappa shape index (κ3) is 4.07. The second-order valence-electron chi connectivity index (χ2n) is 6.64. The second-order valence-corrected chi connectivity index (χ2v) is 6.64. The van der Waals surface area contributed by atoms with Crippen LogP contribution in [0.2, 0.25) is 0 Å². The van der Waals surface area contributed by atoms with E-state index in [1.54, 1.807) is 0 Å². The maximum atomic E-state index is 12.8. The second kappa shape index (κ2) is 8.16. The summed E-state index contributed by atoms with van der Waals surface area (Å²) < 4.78 is 5.31. The van der Waals surface area contributed by atoms with Gasteiger partial charge in [-0.3, -0.25) is 14.6 Å². The fourth-order valence-corrected chi connectivity index (χ4v) is 3.30. The monoisotopic (exact) mass is 369 g/mol. The van der Waals surface area contributed by atoms with Gasteiger partial charge in [0, 0.05) is 25.2 Å². The number of amides is 2. The Morgan fingerprint density at radius 1 is 1.19 bits per heavy atom. The SMILES string of the molecule is CNC(=O)CN(C)C(=O)COC(=O)c1c2c(nc3ccccc13)CCCC2. The summed E-state index contributed by atoms with van der Waals surface area (Å²) in [5.74, 6) is -1.24. The number of pyridine rings is 1. The summed E-state index contributed by atoms with van der Waals surface area (Å²) in [6.07, 6.45) is 3.67. The summed E-state index contributed by atoms with van der Waals surface area (Å²) >= 11 is 0. The van der Waals surface area contributed by atoms with Crippen molar-refractivity contribution in [2.24, 2.45) is 0 Å². The first-order valence-corrected chi connectivity index (χ1v) is 9.03. The van der Waals surface area contributed by atoms with E-state index in [9.17, 15) is 14.4 Å². The molecule has 0 atom stereocenters. The third-order valence-corrected chi connectivity index (χ3v) is 4.79. The summed E-state index contributed by atoms with van der Waals surface area (Å²) in [7, 11) is 2.99. The Hall–Kier alpha value is -2.96. The van der Waals surface area contributed by atoms with Crippen molar-refractivity contribution < 1.29 is 19.1 Å². The van der Waals surface area contributed by atoms with Crippen molar-refractivity contribution in [2.75, 3.05) is 27.2 Å². The fourth-order valence-electron chi connectivity index (χ4n) is 3.30. The summed E-state index contributed by atoms with van der Waals surface area (Å²) in [6.45, 7) is -0.488. The van der Waals surface area contributed by atoms with Gasteiger partial charge in [0.1, 0.15) is 0 Å². The number of benzene rings is 1. The third-order valence-electron chi connectivity index (χ3n) is 4.79. The van der Waals surface area contributed by atoms with Crippen LogP contribution < -0.4 is 5.32 Å². The molecule has 3 rings (SSSR count). The largest absolute Gasteiger partial charge is 0.452 e. The van der Waals surface area contributed by atoms with Gasteiger partial charge in [0.05, 0.1) is 17.6 Å². The average molecular weight is 369 g/mol. The van der Waals surface area contributed by atoms with Crippen LogP contribution in [0.15, 0.2) is 24.3 Å². The zero-order chi connectivity index (χ0) is 19.4. The highest BCUT2D eigenvalue weighted by molar-refractivity contribution is 6.05. The van der Waals surface area contributed by atoms with Gasteiger partial charge in [-0.2, -0.15) is 0 Å². The molecule has 0 spiro atoms. The van der Waals surface area contributed by atoms with E-state index >= 15 is 0 Å². The molecule has 1 aromatic carbocycles. The maximum Gasteiger partial charge on any atom is 0.339 e. The molecule has 1 aliphatic carbocycles. The maximum absolute atomic E-state index is 12.8. The highest BCUT2D eigenvalue weighted by Gasteiger charge is 2.24. The lowest BCUT2D eigenvalue weighted by atomic mass is 9.90. The molecule has 2 aromatic rings. The molecular formula is C20H23N3O4.